The van der Waals surface area contributed by atoms with Crippen molar-refractivity contribution >= 4 is 11.4 Å². The summed E-state index contributed by atoms with van der Waals surface area (Å²) in [5, 5.41) is 14.3. The lowest BCUT2D eigenvalue weighted by atomic mass is 10.0. The first-order valence-electron chi connectivity index (χ1n) is 6.67. The number of nitro groups is 1. The van der Waals surface area contributed by atoms with E-state index in [2.05, 4.69) is 24.4 Å². The maximum atomic E-state index is 10.9. The van der Waals surface area contributed by atoms with Gasteiger partial charge in [0.05, 0.1) is 11.0 Å². The number of rotatable bonds is 5. The molecule has 104 valence electrons. The van der Waals surface area contributed by atoms with E-state index in [0.717, 1.165) is 17.7 Å². The first-order valence-corrected chi connectivity index (χ1v) is 6.67. The van der Waals surface area contributed by atoms with Gasteiger partial charge in [-0.1, -0.05) is 37.3 Å². The Morgan fingerprint density at radius 2 is 1.90 bits per heavy atom. The number of benzene rings is 2. The van der Waals surface area contributed by atoms with Crippen LogP contribution < -0.4 is 5.32 Å². The molecular weight excluding hydrogens is 252 g/mol. The molecule has 4 nitrogen and oxygen atoms in total. The number of non-ortho nitro benzene ring substituents is 1. The maximum Gasteiger partial charge on any atom is 0.271 e. The molecule has 2 aromatic rings. The molecule has 0 radical (unpaired) electrons. The van der Waals surface area contributed by atoms with Gasteiger partial charge in [-0.2, -0.15) is 0 Å². The lowest BCUT2D eigenvalue weighted by molar-refractivity contribution is -0.384. The van der Waals surface area contributed by atoms with Crippen molar-refractivity contribution < 1.29 is 4.92 Å². The van der Waals surface area contributed by atoms with Crippen molar-refractivity contribution in [2.45, 2.75) is 26.3 Å². The standard InChI is InChI=1S/C16H18N2O2/c1-3-16(13-7-5-4-6-8-13)17-14-9-12(2)10-15(11-14)18(19)20/h4-11,16-17H,3H2,1-2H3. The smallest absolute Gasteiger partial charge is 0.271 e. The molecule has 0 aliphatic carbocycles. The molecule has 0 aliphatic rings. The molecule has 4 heteroatoms. The van der Waals surface area contributed by atoms with Crippen molar-refractivity contribution in [1.82, 2.24) is 0 Å². The van der Waals surface area contributed by atoms with E-state index in [0.29, 0.717) is 0 Å². The summed E-state index contributed by atoms with van der Waals surface area (Å²) in [4.78, 5) is 10.5. The topological polar surface area (TPSA) is 55.2 Å². The van der Waals surface area contributed by atoms with Gasteiger partial charge in [0.15, 0.2) is 0 Å². The van der Waals surface area contributed by atoms with Gasteiger partial charge in [-0.05, 0) is 30.5 Å². The molecule has 0 aromatic heterocycles. The number of anilines is 1. The minimum atomic E-state index is -0.359. The third-order valence-electron chi connectivity index (χ3n) is 3.22. The molecule has 1 unspecified atom stereocenters. The second-order valence-corrected chi connectivity index (χ2v) is 4.83. The van der Waals surface area contributed by atoms with Gasteiger partial charge in [0.25, 0.3) is 5.69 Å². The maximum absolute atomic E-state index is 10.9. The minimum absolute atomic E-state index is 0.121. The van der Waals surface area contributed by atoms with Crippen molar-refractivity contribution in [3.63, 3.8) is 0 Å². The van der Waals surface area contributed by atoms with Gasteiger partial charge in [-0.15, -0.1) is 0 Å². The van der Waals surface area contributed by atoms with Gasteiger partial charge < -0.3 is 5.32 Å². The normalized spacial score (nSPS) is 11.9. The highest BCUT2D eigenvalue weighted by Gasteiger charge is 2.12. The van der Waals surface area contributed by atoms with E-state index < -0.39 is 0 Å². The van der Waals surface area contributed by atoms with Crippen molar-refractivity contribution in [2.75, 3.05) is 5.32 Å². The Balaban J connectivity index is 2.26. The molecule has 0 fully saturated rings. The summed E-state index contributed by atoms with van der Waals surface area (Å²) >= 11 is 0. The van der Waals surface area contributed by atoms with E-state index in [1.165, 1.54) is 5.56 Å². The number of nitrogens with zero attached hydrogens (tertiary/aromatic N) is 1. The Morgan fingerprint density at radius 3 is 2.50 bits per heavy atom. The van der Waals surface area contributed by atoms with Crippen LogP contribution in [0.1, 0.15) is 30.5 Å². The fraction of sp³-hybridized carbons (Fsp3) is 0.250. The molecule has 0 amide bonds. The zero-order valence-corrected chi connectivity index (χ0v) is 11.7. The largest absolute Gasteiger partial charge is 0.378 e. The molecule has 0 spiro atoms. The van der Waals surface area contributed by atoms with Crippen LogP contribution in [0.2, 0.25) is 0 Å². The van der Waals surface area contributed by atoms with Crippen LogP contribution in [0.3, 0.4) is 0 Å². The molecule has 2 aromatic carbocycles. The number of hydrogen-bond acceptors (Lipinski definition) is 3. The van der Waals surface area contributed by atoms with Crippen LogP contribution in [0.4, 0.5) is 11.4 Å². The summed E-state index contributed by atoms with van der Waals surface area (Å²) in [6.07, 6.45) is 0.908. The average Bonchev–Trinajstić information content (AvgIpc) is 2.45. The summed E-state index contributed by atoms with van der Waals surface area (Å²) < 4.78 is 0. The average molecular weight is 270 g/mol. The van der Waals surface area contributed by atoms with E-state index in [9.17, 15) is 10.1 Å². The van der Waals surface area contributed by atoms with Gasteiger partial charge in [-0.25, -0.2) is 0 Å². The van der Waals surface area contributed by atoms with Crippen LogP contribution >= 0.6 is 0 Å². The van der Waals surface area contributed by atoms with Gasteiger partial charge in [-0.3, -0.25) is 10.1 Å². The molecule has 20 heavy (non-hydrogen) atoms. The van der Waals surface area contributed by atoms with E-state index in [4.69, 9.17) is 0 Å². The summed E-state index contributed by atoms with van der Waals surface area (Å²) in [6, 6.07) is 15.3. The zero-order chi connectivity index (χ0) is 14.5. The third kappa shape index (κ3) is 3.35. The second kappa shape index (κ2) is 6.19. The molecule has 2 rings (SSSR count). The predicted octanol–water partition coefficient (Wildman–Crippen LogP) is 4.47. The highest BCUT2D eigenvalue weighted by Crippen LogP contribution is 2.26. The highest BCUT2D eigenvalue weighted by molar-refractivity contribution is 5.55. The van der Waals surface area contributed by atoms with Crippen LogP contribution in [0.5, 0.6) is 0 Å². The van der Waals surface area contributed by atoms with Crippen LogP contribution in [0.15, 0.2) is 48.5 Å². The van der Waals surface area contributed by atoms with Gasteiger partial charge in [0.1, 0.15) is 0 Å². The molecule has 0 bridgehead atoms. The van der Waals surface area contributed by atoms with Gasteiger partial charge in [0, 0.05) is 17.8 Å². The molecule has 0 heterocycles. The highest BCUT2D eigenvalue weighted by atomic mass is 16.6. The van der Waals surface area contributed by atoms with Gasteiger partial charge in [0.2, 0.25) is 0 Å². The van der Waals surface area contributed by atoms with E-state index >= 15 is 0 Å². The number of aryl methyl sites for hydroxylation is 1. The predicted molar refractivity (Wildman–Crippen MR) is 80.9 cm³/mol. The summed E-state index contributed by atoms with van der Waals surface area (Å²) in [7, 11) is 0. The van der Waals surface area contributed by atoms with Crippen molar-refractivity contribution in [3.8, 4) is 0 Å². The first-order chi connectivity index (χ1) is 9.60. The fourth-order valence-corrected chi connectivity index (χ4v) is 2.26. The lowest BCUT2D eigenvalue weighted by Gasteiger charge is -2.19. The molecule has 1 atom stereocenters. The second-order valence-electron chi connectivity index (χ2n) is 4.83. The minimum Gasteiger partial charge on any atom is -0.378 e. The van der Waals surface area contributed by atoms with Crippen LogP contribution in [0.25, 0.3) is 0 Å². The van der Waals surface area contributed by atoms with E-state index in [1.807, 2.05) is 31.2 Å². The van der Waals surface area contributed by atoms with Crippen LogP contribution in [0, 0.1) is 17.0 Å². The Labute approximate surface area is 118 Å². The Bertz CT molecular complexity index is 597. The summed E-state index contributed by atoms with van der Waals surface area (Å²) in [5.74, 6) is 0. The monoisotopic (exact) mass is 270 g/mol. The fourth-order valence-electron chi connectivity index (χ4n) is 2.26. The number of hydrogen-bond donors (Lipinski definition) is 1. The third-order valence-corrected chi connectivity index (χ3v) is 3.22. The molecular formula is C16H18N2O2. The quantitative estimate of drug-likeness (QED) is 0.644. The molecule has 0 saturated heterocycles. The Kier molecular flexibility index (Phi) is 4.35. The number of nitrogens with one attached hydrogen (secondary N) is 1. The molecule has 1 N–H and O–H groups in total. The Hall–Kier alpha value is -2.36. The zero-order valence-electron chi connectivity index (χ0n) is 11.7. The Morgan fingerprint density at radius 1 is 1.20 bits per heavy atom. The van der Waals surface area contributed by atoms with Crippen LogP contribution in [-0.4, -0.2) is 4.92 Å². The van der Waals surface area contributed by atoms with Crippen molar-refractivity contribution in [2.24, 2.45) is 0 Å². The van der Waals surface area contributed by atoms with E-state index in [-0.39, 0.29) is 16.7 Å². The van der Waals surface area contributed by atoms with Crippen LogP contribution in [-0.2, 0) is 0 Å². The summed E-state index contributed by atoms with van der Waals surface area (Å²) in [5.41, 5.74) is 2.96. The molecule has 0 saturated carbocycles. The summed E-state index contributed by atoms with van der Waals surface area (Å²) in [6.45, 7) is 3.95. The van der Waals surface area contributed by atoms with Crippen molar-refractivity contribution in [1.29, 1.82) is 0 Å². The number of nitro benzene ring substituents is 1. The lowest BCUT2D eigenvalue weighted by Crippen LogP contribution is -2.09. The SMILES string of the molecule is CCC(Nc1cc(C)cc([N+](=O)[O-])c1)c1ccccc1. The van der Waals surface area contributed by atoms with E-state index in [1.54, 1.807) is 12.1 Å². The molecule has 0 aliphatic heterocycles. The van der Waals surface area contributed by atoms with Gasteiger partial charge >= 0.3 is 0 Å². The van der Waals surface area contributed by atoms with Crippen molar-refractivity contribution in [3.05, 3.63) is 69.8 Å². The first kappa shape index (κ1) is 14.1.